The van der Waals surface area contributed by atoms with Crippen molar-refractivity contribution in [3.8, 4) is 0 Å². The zero-order valence-corrected chi connectivity index (χ0v) is 10.4. The third kappa shape index (κ3) is 8.33. The first-order chi connectivity index (χ1) is 7.60. The first-order valence-electron chi connectivity index (χ1n) is 6.15. The van der Waals surface area contributed by atoms with Gasteiger partial charge in [0, 0.05) is 38.5 Å². The molecule has 0 spiro atoms. The Bertz CT molecular complexity index is 220. The van der Waals surface area contributed by atoms with Gasteiger partial charge >= 0.3 is 0 Å². The minimum Gasteiger partial charge on any atom is -0.300 e. The van der Waals surface area contributed by atoms with Crippen LogP contribution in [0.1, 0.15) is 65.2 Å². The SMILES string of the molecule is CCC(=O)CCCC(=O)CCCC(=O)CC. The summed E-state index contributed by atoms with van der Waals surface area (Å²) in [5, 5.41) is 0. The molecule has 0 aromatic rings. The van der Waals surface area contributed by atoms with Crippen LogP contribution in [0.2, 0.25) is 0 Å². The van der Waals surface area contributed by atoms with E-state index in [1.807, 2.05) is 13.8 Å². The van der Waals surface area contributed by atoms with E-state index in [0.717, 1.165) is 0 Å². The van der Waals surface area contributed by atoms with Gasteiger partial charge in [0.25, 0.3) is 0 Å². The Morgan fingerprint density at radius 1 is 0.625 bits per heavy atom. The van der Waals surface area contributed by atoms with E-state index in [1.165, 1.54) is 0 Å². The normalized spacial score (nSPS) is 10.1. The Morgan fingerprint density at radius 3 is 1.25 bits per heavy atom. The molecule has 0 heterocycles. The van der Waals surface area contributed by atoms with Crippen LogP contribution in [0.4, 0.5) is 0 Å². The molecule has 0 fully saturated rings. The molecule has 0 saturated carbocycles. The number of Topliss-reactive ketones (excluding diaryl/α,β-unsaturated/α-hetero) is 3. The fourth-order valence-electron chi connectivity index (χ4n) is 1.44. The van der Waals surface area contributed by atoms with E-state index in [4.69, 9.17) is 0 Å². The Balaban J connectivity index is 3.45. The van der Waals surface area contributed by atoms with Crippen molar-refractivity contribution in [1.82, 2.24) is 0 Å². The average Bonchev–Trinajstić information content (AvgIpc) is 2.28. The van der Waals surface area contributed by atoms with Crippen molar-refractivity contribution < 1.29 is 14.4 Å². The van der Waals surface area contributed by atoms with Gasteiger partial charge in [-0.3, -0.25) is 14.4 Å². The highest BCUT2D eigenvalue weighted by Crippen LogP contribution is 2.06. The number of hydrogen-bond acceptors (Lipinski definition) is 3. The molecule has 16 heavy (non-hydrogen) atoms. The molecule has 92 valence electrons. The Labute approximate surface area is 97.6 Å². The molecule has 0 unspecified atom stereocenters. The van der Waals surface area contributed by atoms with Crippen molar-refractivity contribution in [2.75, 3.05) is 0 Å². The minimum atomic E-state index is 0.174. The first-order valence-corrected chi connectivity index (χ1v) is 6.15. The predicted octanol–water partition coefficient (Wildman–Crippen LogP) is 2.85. The van der Waals surface area contributed by atoms with Crippen molar-refractivity contribution in [2.45, 2.75) is 65.2 Å². The van der Waals surface area contributed by atoms with Crippen LogP contribution >= 0.6 is 0 Å². The largest absolute Gasteiger partial charge is 0.300 e. The highest BCUT2D eigenvalue weighted by atomic mass is 16.1. The van der Waals surface area contributed by atoms with Crippen molar-refractivity contribution >= 4 is 17.3 Å². The Hall–Kier alpha value is -0.990. The molecule has 0 aromatic carbocycles. The monoisotopic (exact) mass is 226 g/mol. The van der Waals surface area contributed by atoms with Gasteiger partial charge in [0.2, 0.25) is 0 Å². The van der Waals surface area contributed by atoms with Gasteiger partial charge in [-0.15, -0.1) is 0 Å². The topological polar surface area (TPSA) is 51.2 Å². The van der Waals surface area contributed by atoms with Crippen molar-refractivity contribution in [3.63, 3.8) is 0 Å². The van der Waals surface area contributed by atoms with Crippen LogP contribution < -0.4 is 0 Å². The smallest absolute Gasteiger partial charge is 0.132 e. The van der Waals surface area contributed by atoms with Crippen LogP contribution in [-0.2, 0) is 14.4 Å². The summed E-state index contributed by atoms with van der Waals surface area (Å²) in [5.41, 5.74) is 0. The van der Waals surface area contributed by atoms with Gasteiger partial charge in [0.05, 0.1) is 0 Å². The summed E-state index contributed by atoms with van der Waals surface area (Å²) in [5.74, 6) is 0.607. The van der Waals surface area contributed by atoms with Gasteiger partial charge in [0.1, 0.15) is 17.3 Å². The molecular weight excluding hydrogens is 204 g/mol. The Kier molecular flexibility index (Phi) is 8.68. The number of carbonyl (C=O) groups is 3. The maximum Gasteiger partial charge on any atom is 0.132 e. The van der Waals surface area contributed by atoms with E-state index < -0.39 is 0 Å². The maximum absolute atomic E-state index is 11.4. The van der Waals surface area contributed by atoms with Crippen molar-refractivity contribution in [2.24, 2.45) is 0 Å². The van der Waals surface area contributed by atoms with E-state index in [0.29, 0.717) is 51.4 Å². The molecule has 0 N–H and O–H groups in total. The van der Waals surface area contributed by atoms with Crippen LogP contribution in [-0.4, -0.2) is 17.3 Å². The lowest BCUT2D eigenvalue weighted by Gasteiger charge is -2.00. The Morgan fingerprint density at radius 2 is 0.938 bits per heavy atom. The standard InChI is InChI=1S/C13H22O3/c1-3-11(14)7-5-9-13(16)10-6-8-12(15)4-2/h3-10H2,1-2H3. The number of carbonyl (C=O) groups excluding carboxylic acids is 3. The van der Waals surface area contributed by atoms with Crippen molar-refractivity contribution in [3.05, 3.63) is 0 Å². The van der Waals surface area contributed by atoms with E-state index in [-0.39, 0.29) is 17.3 Å². The lowest BCUT2D eigenvalue weighted by atomic mass is 10.0. The third-order valence-corrected chi connectivity index (χ3v) is 2.61. The highest BCUT2D eigenvalue weighted by molar-refractivity contribution is 5.82. The van der Waals surface area contributed by atoms with Gasteiger partial charge in [-0.25, -0.2) is 0 Å². The van der Waals surface area contributed by atoms with Crippen LogP contribution in [0.15, 0.2) is 0 Å². The van der Waals surface area contributed by atoms with Gasteiger partial charge in [0.15, 0.2) is 0 Å². The number of hydrogen-bond donors (Lipinski definition) is 0. The zero-order valence-electron chi connectivity index (χ0n) is 10.4. The zero-order chi connectivity index (χ0) is 12.4. The summed E-state index contributed by atoms with van der Waals surface area (Å²) in [6, 6.07) is 0. The summed E-state index contributed by atoms with van der Waals surface area (Å²) >= 11 is 0. The molecule has 0 amide bonds. The number of ketones is 3. The summed E-state index contributed by atoms with van der Waals surface area (Å²) in [6.07, 6.45) is 4.41. The highest BCUT2D eigenvalue weighted by Gasteiger charge is 2.05. The fourth-order valence-corrected chi connectivity index (χ4v) is 1.44. The lowest BCUT2D eigenvalue weighted by molar-refractivity contribution is -0.120. The summed E-state index contributed by atoms with van der Waals surface area (Å²) in [4.78, 5) is 33.3. The van der Waals surface area contributed by atoms with Crippen LogP contribution in [0.25, 0.3) is 0 Å². The minimum absolute atomic E-state index is 0.174. The predicted molar refractivity (Wildman–Crippen MR) is 63.3 cm³/mol. The maximum atomic E-state index is 11.4. The molecule has 0 radical (unpaired) electrons. The molecule has 0 rings (SSSR count). The second-order valence-electron chi connectivity index (χ2n) is 4.03. The van der Waals surface area contributed by atoms with Gasteiger partial charge in [-0.05, 0) is 12.8 Å². The van der Waals surface area contributed by atoms with Crippen molar-refractivity contribution in [1.29, 1.82) is 0 Å². The average molecular weight is 226 g/mol. The molecule has 3 heteroatoms. The molecule has 0 aromatic heterocycles. The van der Waals surface area contributed by atoms with Crippen LogP contribution in [0.3, 0.4) is 0 Å². The van der Waals surface area contributed by atoms with Gasteiger partial charge < -0.3 is 0 Å². The van der Waals surface area contributed by atoms with E-state index in [2.05, 4.69) is 0 Å². The molecule has 0 aliphatic heterocycles. The summed E-state index contributed by atoms with van der Waals surface area (Å²) in [7, 11) is 0. The lowest BCUT2D eigenvalue weighted by Crippen LogP contribution is -2.02. The molecule has 0 bridgehead atoms. The number of rotatable bonds is 10. The summed E-state index contributed by atoms with van der Waals surface area (Å²) in [6.45, 7) is 3.67. The van der Waals surface area contributed by atoms with Gasteiger partial charge in [-0.1, -0.05) is 13.8 Å². The third-order valence-electron chi connectivity index (χ3n) is 2.61. The quantitative estimate of drug-likeness (QED) is 0.575. The molecule has 0 aliphatic rings. The first kappa shape index (κ1) is 15.0. The molecule has 0 aliphatic carbocycles. The molecule has 0 saturated heterocycles. The van der Waals surface area contributed by atoms with Gasteiger partial charge in [-0.2, -0.15) is 0 Å². The summed E-state index contributed by atoms with van der Waals surface area (Å²) < 4.78 is 0. The second-order valence-corrected chi connectivity index (χ2v) is 4.03. The van der Waals surface area contributed by atoms with E-state index >= 15 is 0 Å². The second kappa shape index (κ2) is 9.25. The fraction of sp³-hybridized carbons (Fsp3) is 0.769. The van der Waals surface area contributed by atoms with E-state index in [9.17, 15) is 14.4 Å². The molecular formula is C13H22O3. The molecule has 3 nitrogen and oxygen atoms in total. The molecule has 0 atom stereocenters. The van der Waals surface area contributed by atoms with Crippen LogP contribution in [0, 0.1) is 0 Å². The van der Waals surface area contributed by atoms with Crippen LogP contribution in [0.5, 0.6) is 0 Å². The van der Waals surface area contributed by atoms with E-state index in [1.54, 1.807) is 0 Å².